The number of hydrogen-bond donors (Lipinski definition) is 2. The fourth-order valence-corrected chi connectivity index (χ4v) is 3.36. The number of methoxy groups -OCH3 is 1. The lowest BCUT2D eigenvalue weighted by Gasteiger charge is -2.21. The molecule has 30 heavy (non-hydrogen) atoms. The molecule has 0 radical (unpaired) electrons. The molecule has 0 aliphatic carbocycles. The summed E-state index contributed by atoms with van der Waals surface area (Å²) in [4.78, 5) is 24.1. The molecule has 5 atom stereocenters. The van der Waals surface area contributed by atoms with Gasteiger partial charge in [0.2, 0.25) is 0 Å². The molecule has 166 valence electrons. The van der Waals surface area contributed by atoms with Gasteiger partial charge >= 0.3 is 12.1 Å². The van der Waals surface area contributed by atoms with Crippen LogP contribution in [0.3, 0.4) is 0 Å². The number of hydrogen-bond acceptors (Lipinski definition) is 9. The van der Waals surface area contributed by atoms with Gasteiger partial charge in [0.05, 0.1) is 40.1 Å². The van der Waals surface area contributed by atoms with Crippen LogP contribution in [0, 0.1) is 0 Å². The molecule has 2 aliphatic heterocycles. The van der Waals surface area contributed by atoms with Gasteiger partial charge in [0.25, 0.3) is 0 Å². The number of alkyl carbamates (subject to hydrolysis) is 1. The molecule has 0 aromatic heterocycles. The third-order valence-corrected chi connectivity index (χ3v) is 4.85. The van der Waals surface area contributed by atoms with E-state index in [2.05, 4.69) is 5.32 Å². The van der Waals surface area contributed by atoms with Crippen molar-refractivity contribution >= 4 is 12.1 Å². The molecule has 0 bridgehead atoms. The Balaban J connectivity index is 1.47. The van der Waals surface area contributed by atoms with Crippen molar-refractivity contribution in [3.8, 4) is 0 Å². The summed E-state index contributed by atoms with van der Waals surface area (Å²) < 4.78 is 32.6. The fraction of sp³-hybridized carbons (Fsp3) is 0.600. The Kier molecular flexibility index (Phi) is 8.40. The van der Waals surface area contributed by atoms with Gasteiger partial charge in [0, 0.05) is 0 Å². The fourth-order valence-electron chi connectivity index (χ4n) is 3.36. The van der Waals surface area contributed by atoms with Crippen molar-refractivity contribution in [2.45, 2.75) is 37.1 Å². The van der Waals surface area contributed by atoms with Crippen LogP contribution in [-0.2, 0) is 39.8 Å². The highest BCUT2D eigenvalue weighted by molar-refractivity contribution is 5.81. The zero-order chi connectivity index (χ0) is 21.3. The minimum Gasteiger partial charge on any atom is -0.467 e. The van der Waals surface area contributed by atoms with E-state index in [1.165, 1.54) is 7.11 Å². The van der Waals surface area contributed by atoms with Crippen LogP contribution in [0.25, 0.3) is 0 Å². The maximum absolute atomic E-state index is 12.1. The molecule has 10 heteroatoms. The normalized spacial score (nSPS) is 26.1. The van der Waals surface area contributed by atoms with E-state index in [1.807, 2.05) is 30.3 Å². The second kappa shape index (κ2) is 11.2. The lowest BCUT2D eigenvalue weighted by Crippen LogP contribution is -2.46. The number of amides is 1. The quantitative estimate of drug-likeness (QED) is 0.499. The first kappa shape index (κ1) is 22.4. The first-order valence-corrected chi connectivity index (χ1v) is 9.74. The summed E-state index contributed by atoms with van der Waals surface area (Å²) in [5, 5.41) is 11.4. The third kappa shape index (κ3) is 5.89. The summed E-state index contributed by atoms with van der Waals surface area (Å²) in [7, 11) is 1.23. The predicted octanol–water partition coefficient (Wildman–Crippen LogP) is 0.0147. The molecule has 2 aliphatic rings. The van der Waals surface area contributed by atoms with Crippen molar-refractivity contribution in [1.82, 2.24) is 5.32 Å². The van der Waals surface area contributed by atoms with Crippen LogP contribution in [0.5, 0.6) is 0 Å². The van der Waals surface area contributed by atoms with Crippen LogP contribution in [0.1, 0.15) is 5.56 Å². The van der Waals surface area contributed by atoms with Crippen LogP contribution in [0.4, 0.5) is 4.79 Å². The topological polar surface area (TPSA) is 122 Å². The summed E-state index contributed by atoms with van der Waals surface area (Å²) in [6, 6.07) is 8.14. The number of rotatable bonds is 10. The third-order valence-electron chi connectivity index (χ3n) is 4.85. The summed E-state index contributed by atoms with van der Waals surface area (Å²) in [6.07, 6.45) is -2.11. The summed E-state index contributed by atoms with van der Waals surface area (Å²) in [6.45, 7) is 0.660. The van der Waals surface area contributed by atoms with Gasteiger partial charge in [0.15, 0.2) is 6.04 Å². The van der Waals surface area contributed by atoms with E-state index < -0.39 is 24.2 Å². The average Bonchev–Trinajstić information content (AvgIpc) is 3.36. The Morgan fingerprint density at radius 3 is 2.43 bits per heavy atom. The molecule has 3 rings (SSSR count). The minimum absolute atomic E-state index is 0.0741. The molecule has 1 amide bonds. The number of esters is 1. The number of ether oxygens (including phenoxy) is 6. The van der Waals surface area contributed by atoms with E-state index in [0.717, 1.165) is 5.56 Å². The number of nitrogens with one attached hydrogen (secondary N) is 1. The zero-order valence-corrected chi connectivity index (χ0v) is 16.7. The van der Waals surface area contributed by atoms with Gasteiger partial charge in [-0.05, 0) is 5.56 Å². The number of aliphatic hydroxyl groups is 1. The molecular formula is C20H27NO9. The largest absolute Gasteiger partial charge is 0.467 e. The Morgan fingerprint density at radius 2 is 1.80 bits per heavy atom. The van der Waals surface area contributed by atoms with Gasteiger partial charge in [-0.2, -0.15) is 0 Å². The van der Waals surface area contributed by atoms with E-state index >= 15 is 0 Å². The van der Waals surface area contributed by atoms with Crippen LogP contribution in [0.2, 0.25) is 0 Å². The maximum atomic E-state index is 12.1. The molecule has 1 aromatic carbocycles. The van der Waals surface area contributed by atoms with Crippen LogP contribution in [0.15, 0.2) is 30.3 Å². The zero-order valence-electron chi connectivity index (χ0n) is 16.7. The molecule has 2 saturated heterocycles. The monoisotopic (exact) mass is 425 g/mol. The minimum atomic E-state index is -1.04. The molecule has 10 nitrogen and oxygen atoms in total. The van der Waals surface area contributed by atoms with Crippen molar-refractivity contribution in [3.63, 3.8) is 0 Å². The Morgan fingerprint density at radius 1 is 1.13 bits per heavy atom. The van der Waals surface area contributed by atoms with E-state index in [0.29, 0.717) is 6.61 Å². The van der Waals surface area contributed by atoms with Gasteiger partial charge in [-0.25, -0.2) is 9.59 Å². The lowest BCUT2D eigenvalue weighted by molar-refractivity contribution is -0.146. The van der Waals surface area contributed by atoms with Crippen LogP contribution < -0.4 is 5.32 Å². The first-order chi connectivity index (χ1) is 14.6. The van der Waals surface area contributed by atoms with Gasteiger partial charge in [0.1, 0.15) is 31.0 Å². The number of benzene rings is 1. The molecular weight excluding hydrogens is 398 g/mol. The molecule has 1 aromatic rings. The molecule has 2 heterocycles. The Bertz CT molecular complexity index is 686. The summed E-state index contributed by atoms with van der Waals surface area (Å²) >= 11 is 0. The van der Waals surface area contributed by atoms with Crippen molar-refractivity contribution in [1.29, 1.82) is 0 Å². The maximum Gasteiger partial charge on any atom is 0.408 e. The van der Waals surface area contributed by atoms with Crippen molar-refractivity contribution in [2.75, 3.05) is 40.1 Å². The number of aliphatic hydroxyl groups excluding tert-OH is 1. The highest BCUT2D eigenvalue weighted by Gasteiger charge is 2.49. The molecule has 2 fully saturated rings. The number of fused-ring (bicyclic) bond motifs is 1. The van der Waals surface area contributed by atoms with E-state index in [1.54, 1.807) is 0 Å². The standard InChI is InChI=1S/C20H27NO9/c1-25-19(23)14(21-20(24)30-9-13-5-3-2-4-6-13)10-27-16-12-29-17-15(26-8-7-22)11-28-18(16)17/h2-6,14-18,22H,7-12H2,1H3,(H,21,24)/t14-,15-,16+,17+,18+/m0/s1. The molecule has 0 unspecified atom stereocenters. The second-order valence-electron chi connectivity index (χ2n) is 6.88. The SMILES string of the molecule is COC(=O)[C@H](CO[C@@H]1CO[C@H]2[C@@H]1OC[C@@H]2OCCO)NC(=O)OCc1ccccc1. The molecule has 2 N–H and O–H groups in total. The van der Waals surface area contributed by atoms with Gasteiger partial charge in [-0.1, -0.05) is 30.3 Å². The smallest absolute Gasteiger partial charge is 0.408 e. The van der Waals surface area contributed by atoms with Gasteiger partial charge < -0.3 is 38.8 Å². The first-order valence-electron chi connectivity index (χ1n) is 9.74. The van der Waals surface area contributed by atoms with E-state index in [-0.39, 0.29) is 51.3 Å². The molecule has 0 spiro atoms. The van der Waals surface area contributed by atoms with Gasteiger partial charge in [-0.3, -0.25) is 0 Å². The second-order valence-corrected chi connectivity index (χ2v) is 6.88. The Hall–Kier alpha value is -2.24. The highest BCUT2D eigenvalue weighted by Crippen LogP contribution is 2.30. The van der Waals surface area contributed by atoms with E-state index in [9.17, 15) is 9.59 Å². The van der Waals surface area contributed by atoms with Crippen molar-refractivity contribution in [3.05, 3.63) is 35.9 Å². The summed E-state index contributed by atoms with van der Waals surface area (Å²) in [5.74, 6) is -0.654. The van der Waals surface area contributed by atoms with Crippen molar-refractivity contribution in [2.24, 2.45) is 0 Å². The van der Waals surface area contributed by atoms with Crippen molar-refractivity contribution < 1.29 is 43.1 Å². The average molecular weight is 425 g/mol. The van der Waals surface area contributed by atoms with E-state index in [4.69, 9.17) is 33.5 Å². The molecule has 0 saturated carbocycles. The number of carbonyl (C=O) groups is 2. The van der Waals surface area contributed by atoms with Crippen LogP contribution in [-0.4, -0.2) is 87.8 Å². The lowest BCUT2D eigenvalue weighted by atomic mass is 10.1. The number of carbonyl (C=O) groups excluding carboxylic acids is 2. The van der Waals surface area contributed by atoms with Crippen LogP contribution >= 0.6 is 0 Å². The highest BCUT2D eigenvalue weighted by atomic mass is 16.6. The van der Waals surface area contributed by atoms with Gasteiger partial charge in [-0.15, -0.1) is 0 Å². The predicted molar refractivity (Wildman–Crippen MR) is 102 cm³/mol. The Labute approximate surface area is 174 Å². The summed E-state index contributed by atoms with van der Waals surface area (Å²) in [5.41, 5.74) is 0.823.